The SMILES string of the molecule is CCCOc1cc(C=NNc2nc(CC(=O)OCC)cs2)ccc1OC. The van der Waals surface area contributed by atoms with Gasteiger partial charge in [-0.3, -0.25) is 10.2 Å². The highest BCUT2D eigenvalue weighted by Gasteiger charge is 2.08. The number of esters is 1. The predicted molar refractivity (Wildman–Crippen MR) is 102 cm³/mol. The molecule has 1 heterocycles. The number of hydrazone groups is 1. The van der Waals surface area contributed by atoms with Gasteiger partial charge in [0.05, 0.1) is 38.7 Å². The third kappa shape index (κ3) is 6.03. The van der Waals surface area contributed by atoms with E-state index in [4.69, 9.17) is 14.2 Å². The van der Waals surface area contributed by atoms with Gasteiger partial charge in [-0.1, -0.05) is 6.92 Å². The summed E-state index contributed by atoms with van der Waals surface area (Å²) in [4.78, 5) is 15.7. The van der Waals surface area contributed by atoms with Crippen molar-refractivity contribution in [1.82, 2.24) is 4.98 Å². The summed E-state index contributed by atoms with van der Waals surface area (Å²) in [5.74, 6) is 1.09. The monoisotopic (exact) mass is 377 g/mol. The van der Waals surface area contributed by atoms with Crippen LogP contribution in [0.3, 0.4) is 0 Å². The molecule has 0 unspecified atom stereocenters. The molecule has 1 N–H and O–H groups in total. The Kier molecular flexibility index (Phi) is 7.88. The second kappa shape index (κ2) is 10.4. The summed E-state index contributed by atoms with van der Waals surface area (Å²) in [6.45, 7) is 4.81. The van der Waals surface area contributed by atoms with E-state index in [1.807, 2.05) is 25.1 Å². The number of benzene rings is 1. The molecular weight excluding hydrogens is 354 g/mol. The zero-order valence-electron chi connectivity index (χ0n) is 15.2. The molecule has 0 atom stereocenters. The molecule has 7 nitrogen and oxygen atoms in total. The molecule has 0 saturated heterocycles. The molecule has 0 aliphatic heterocycles. The van der Waals surface area contributed by atoms with Crippen molar-refractivity contribution >= 4 is 28.7 Å². The lowest BCUT2D eigenvalue weighted by Crippen LogP contribution is -2.07. The third-order valence-electron chi connectivity index (χ3n) is 3.21. The highest BCUT2D eigenvalue weighted by atomic mass is 32.1. The molecule has 140 valence electrons. The maximum absolute atomic E-state index is 11.5. The Labute approximate surface area is 157 Å². The maximum Gasteiger partial charge on any atom is 0.311 e. The van der Waals surface area contributed by atoms with E-state index >= 15 is 0 Å². The molecule has 0 saturated carbocycles. The van der Waals surface area contributed by atoms with Crippen LogP contribution < -0.4 is 14.9 Å². The number of anilines is 1. The van der Waals surface area contributed by atoms with Crippen LogP contribution in [0.2, 0.25) is 0 Å². The lowest BCUT2D eigenvalue weighted by atomic mass is 10.2. The van der Waals surface area contributed by atoms with E-state index < -0.39 is 0 Å². The number of ether oxygens (including phenoxy) is 3. The minimum Gasteiger partial charge on any atom is -0.493 e. The number of nitrogens with one attached hydrogen (secondary N) is 1. The molecule has 1 aromatic heterocycles. The summed E-state index contributed by atoms with van der Waals surface area (Å²) in [6, 6.07) is 5.59. The Morgan fingerprint density at radius 3 is 2.92 bits per heavy atom. The maximum atomic E-state index is 11.5. The van der Waals surface area contributed by atoms with E-state index in [2.05, 4.69) is 15.5 Å². The quantitative estimate of drug-likeness (QED) is 0.388. The van der Waals surface area contributed by atoms with Crippen molar-refractivity contribution in [2.24, 2.45) is 5.10 Å². The van der Waals surface area contributed by atoms with E-state index in [0.717, 1.165) is 12.0 Å². The molecule has 0 spiro atoms. The second-order valence-corrected chi connectivity index (χ2v) is 6.11. The van der Waals surface area contributed by atoms with Crippen LogP contribution in [-0.2, 0) is 16.0 Å². The van der Waals surface area contributed by atoms with Gasteiger partial charge in [0.2, 0.25) is 5.13 Å². The normalized spacial score (nSPS) is 10.7. The fourth-order valence-corrected chi connectivity index (χ4v) is 2.72. The summed E-state index contributed by atoms with van der Waals surface area (Å²) in [5, 5.41) is 6.59. The molecule has 0 amide bonds. The number of nitrogens with zero attached hydrogens (tertiary/aromatic N) is 2. The van der Waals surface area contributed by atoms with Crippen LogP contribution in [0.1, 0.15) is 31.5 Å². The zero-order valence-corrected chi connectivity index (χ0v) is 16.0. The molecule has 0 bridgehead atoms. The van der Waals surface area contributed by atoms with Crippen LogP contribution in [0.5, 0.6) is 11.5 Å². The standard InChI is InChI=1S/C18H23N3O4S/c1-4-8-25-16-9-13(6-7-15(16)23-3)11-19-21-18-20-14(12-26-18)10-17(22)24-5-2/h6-7,9,11-12H,4-5,8,10H2,1-3H3,(H,20,21). The molecule has 0 aliphatic rings. The number of carbonyl (C=O) groups is 1. The number of aromatic nitrogens is 1. The van der Waals surface area contributed by atoms with E-state index in [9.17, 15) is 4.79 Å². The number of carbonyl (C=O) groups excluding carboxylic acids is 1. The van der Waals surface area contributed by atoms with Crippen LogP contribution in [0.25, 0.3) is 0 Å². The van der Waals surface area contributed by atoms with Crippen LogP contribution in [0.4, 0.5) is 5.13 Å². The molecule has 26 heavy (non-hydrogen) atoms. The first-order valence-electron chi connectivity index (χ1n) is 8.36. The fourth-order valence-electron chi connectivity index (χ4n) is 2.06. The van der Waals surface area contributed by atoms with Gasteiger partial charge in [0, 0.05) is 5.38 Å². The predicted octanol–water partition coefficient (Wildman–Crippen LogP) is 3.49. The highest BCUT2D eigenvalue weighted by Crippen LogP contribution is 2.27. The van der Waals surface area contributed by atoms with E-state index in [0.29, 0.717) is 35.5 Å². The summed E-state index contributed by atoms with van der Waals surface area (Å²) in [6.07, 6.45) is 2.75. The van der Waals surface area contributed by atoms with E-state index in [-0.39, 0.29) is 12.4 Å². The first kappa shape index (κ1) is 19.7. The largest absolute Gasteiger partial charge is 0.493 e. The first-order valence-corrected chi connectivity index (χ1v) is 9.24. The molecule has 8 heteroatoms. The van der Waals surface area contributed by atoms with Gasteiger partial charge in [0.15, 0.2) is 11.5 Å². The smallest absolute Gasteiger partial charge is 0.311 e. The molecule has 1 aromatic carbocycles. The Hall–Kier alpha value is -2.61. The number of thiazole rings is 1. The molecule has 0 aliphatic carbocycles. The van der Waals surface area contributed by atoms with Crippen molar-refractivity contribution in [2.75, 3.05) is 25.7 Å². The minimum absolute atomic E-state index is 0.159. The zero-order chi connectivity index (χ0) is 18.8. The van der Waals surface area contributed by atoms with Crippen molar-refractivity contribution in [3.63, 3.8) is 0 Å². The van der Waals surface area contributed by atoms with Crippen molar-refractivity contribution in [2.45, 2.75) is 26.7 Å². The van der Waals surface area contributed by atoms with Gasteiger partial charge in [-0.15, -0.1) is 11.3 Å². The Bertz CT molecular complexity index is 746. The van der Waals surface area contributed by atoms with Gasteiger partial charge in [-0.25, -0.2) is 4.98 Å². The lowest BCUT2D eigenvalue weighted by Gasteiger charge is -2.10. The van der Waals surface area contributed by atoms with Gasteiger partial charge in [0.25, 0.3) is 0 Å². The summed E-state index contributed by atoms with van der Waals surface area (Å²) >= 11 is 1.38. The van der Waals surface area contributed by atoms with Crippen LogP contribution in [-0.4, -0.2) is 37.5 Å². The van der Waals surface area contributed by atoms with Gasteiger partial charge in [-0.2, -0.15) is 5.10 Å². The Morgan fingerprint density at radius 1 is 1.35 bits per heavy atom. The molecule has 0 radical (unpaired) electrons. The molecule has 2 rings (SSSR count). The topological polar surface area (TPSA) is 82.0 Å². The average Bonchev–Trinajstić information content (AvgIpc) is 3.07. The average molecular weight is 377 g/mol. The van der Waals surface area contributed by atoms with Crippen molar-refractivity contribution < 1.29 is 19.0 Å². The van der Waals surface area contributed by atoms with Crippen LogP contribution in [0.15, 0.2) is 28.7 Å². The number of hydrogen-bond donors (Lipinski definition) is 1. The Morgan fingerprint density at radius 2 is 2.19 bits per heavy atom. The van der Waals surface area contributed by atoms with Gasteiger partial charge < -0.3 is 14.2 Å². The minimum atomic E-state index is -0.286. The van der Waals surface area contributed by atoms with Gasteiger partial charge in [-0.05, 0) is 37.1 Å². The van der Waals surface area contributed by atoms with Crippen LogP contribution in [0, 0.1) is 0 Å². The summed E-state index contributed by atoms with van der Waals surface area (Å²) in [5.41, 5.74) is 4.39. The number of methoxy groups -OCH3 is 1. The molecule has 0 fully saturated rings. The molecular formula is C18H23N3O4S. The summed E-state index contributed by atoms with van der Waals surface area (Å²) in [7, 11) is 1.61. The lowest BCUT2D eigenvalue weighted by molar-refractivity contribution is -0.142. The number of hydrogen-bond acceptors (Lipinski definition) is 8. The highest BCUT2D eigenvalue weighted by molar-refractivity contribution is 7.13. The first-order chi connectivity index (χ1) is 12.7. The van der Waals surface area contributed by atoms with Crippen molar-refractivity contribution in [3.8, 4) is 11.5 Å². The van der Waals surface area contributed by atoms with Crippen molar-refractivity contribution in [1.29, 1.82) is 0 Å². The fraction of sp³-hybridized carbons (Fsp3) is 0.389. The number of rotatable bonds is 10. The van der Waals surface area contributed by atoms with E-state index in [1.165, 1.54) is 11.3 Å². The third-order valence-corrected chi connectivity index (χ3v) is 4.00. The molecule has 2 aromatic rings. The van der Waals surface area contributed by atoms with Gasteiger partial charge in [0.1, 0.15) is 0 Å². The van der Waals surface area contributed by atoms with Crippen molar-refractivity contribution in [3.05, 3.63) is 34.8 Å². The van der Waals surface area contributed by atoms with E-state index in [1.54, 1.807) is 25.6 Å². The van der Waals surface area contributed by atoms with Gasteiger partial charge >= 0.3 is 5.97 Å². The van der Waals surface area contributed by atoms with Crippen LogP contribution >= 0.6 is 11.3 Å². The Balaban J connectivity index is 1.95. The summed E-state index contributed by atoms with van der Waals surface area (Å²) < 4.78 is 15.9. The second-order valence-electron chi connectivity index (χ2n) is 5.25.